The number of rotatable bonds is 3. The van der Waals surface area contributed by atoms with Crippen LogP contribution in [0.1, 0.15) is 29.9 Å². The summed E-state index contributed by atoms with van der Waals surface area (Å²) >= 11 is 0. The molecule has 2 aromatic carbocycles. The lowest BCUT2D eigenvalue weighted by Gasteiger charge is -2.37. The molecule has 2 saturated heterocycles. The molecule has 2 unspecified atom stereocenters. The minimum Gasteiger partial charge on any atom is -0.337 e. The van der Waals surface area contributed by atoms with Crippen molar-refractivity contribution < 1.29 is 9.18 Å². The molecule has 26 heavy (non-hydrogen) atoms. The molecular formula is C21H24ClFN2O. The second-order valence-electron chi connectivity index (χ2n) is 7.21. The van der Waals surface area contributed by atoms with Gasteiger partial charge in [-0.05, 0) is 42.6 Å². The molecule has 0 aromatic heterocycles. The average molecular weight is 375 g/mol. The van der Waals surface area contributed by atoms with Crippen molar-refractivity contribution in [2.75, 3.05) is 19.6 Å². The normalized spacial score (nSPS) is 25.3. The number of piperidine rings is 1. The summed E-state index contributed by atoms with van der Waals surface area (Å²) in [6, 6.07) is 16.8. The summed E-state index contributed by atoms with van der Waals surface area (Å²) in [7, 11) is 0. The van der Waals surface area contributed by atoms with Gasteiger partial charge < -0.3 is 10.2 Å². The van der Waals surface area contributed by atoms with E-state index < -0.39 is 5.41 Å². The van der Waals surface area contributed by atoms with Gasteiger partial charge in [-0.3, -0.25) is 4.79 Å². The Morgan fingerprint density at radius 2 is 1.85 bits per heavy atom. The number of nitrogens with zero attached hydrogens (tertiary/aromatic N) is 1. The summed E-state index contributed by atoms with van der Waals surface area (Å²) in [5, 5.41) is 3.42. The molecule has 1 spiro atoms. The lowest BCUT2D eigenvalue weighted by molar-refractivity contribution is -0.137. The molecule has 2 aliphatic rings. The van der Waals surface area contributed by atoms with E-state index in [1.807, 2.05) is 35.2 Å². The monoisotopic (exact) mass is 374 g/mol. The molecule has 1 amide bonds. The molecule has 138 valence electrons. The minimum absolute atomic E-state index is 0. The highest BCUT2D eigenvalue weighted by atomic mass is 35.5. The largest absolute Gasteiger partial charge is 0.337 e. The van der Waals surface area contributed by atoms with Crippen LogP contribution in [0.3, 0.4) is 0 Å². The van der Waals surface area contributed by atoms with E-state index in [1.54, 1.807) is 0 Å². The summed E-state index contributed by atoms with van der Waals surface area (Å²) < 4.78 is 13.4. The van der Waals surface area contributed by atoms with Crippen molar-refractivity contribution >= 4 is 18.3 Å². The predicted molar refractivity (Wildman–Crippen MR) is 103 cm³/mol. The summed E-state index contributed by atoms with van der Waals surface area (Å²) in [5.74, 6) is 0.111. The van der Waals surface area contributed by atoms with Gasteiger partial charge in [0.05, 0.1) is 5.41 Å². The topological polar surface area (TPSA) is 32.3 Å². The van der Waals surface area contributed by atoms with Gasteiger partial charge in [-0.15, -0.1) is 12.4 Å². The second-order valence-corrected chi connectivity index (χ2v) is 7.21. The zero-order valence-electron chi connectivity index (χ0n) is 14.7. The molecular weight excluding hydrogens is 351 g/mol. The molecule has 0 bridgehead atoms. The maximum atomic E-state index is 13.4. The van der Waals surface area contributed by atoms with E-state index in [2.05, 4.69) is 17.4 Å². The predicted octanol–water partition coefficient (Wildman–Crippen LogP) is 3.74. The Labute approximate surface area is 160 Å². The number of carbonyl (C=O) groups is 1. The molecule has 5 heteroatoms. The first-order valence-electron chi connectivity index (χ1n) is 8.98. The smallest absolute Gasteiger partial charge is 0.231 e. The third-order valence-corrected chi connectivity index (χ3v) is 5.69. The Kier molecular flexibility index (Phi) is 5.64. The van der Waals surface area contributed by atoms with Gasteiger partial charge >= 0.3 is 0 Å². The van der Waals surface area contributed by atoms with Crippen LogP contribution in [0.2, 0.25) is 0 Å². The number of likely N-dealkylation sites (tertiary alicyclic amines) is 1. The number of nitrogens with one attached hydrogen (secondary N) is 1. The average Bonchev–Trinajstić information content (AvgIpc) is 2.90. The number of carbonyl (C=O) groups excluding carboxylic acids is 1. The fraction of sp³-hybridized carbons (Fsp3) is 0.381. The molecule has 0 aliphatic carbocycles. The highest BCUT2D eigenvalue weighted by molar-refractivity contribution is 5.87. The molecule has 3 nitrogen and oxygen atoms in total. The van der Waals surface area contributed by atoms with Gasteiger partial charge in [-0.25, -0.2) is 4.39 Å². The molecule has 0 saturated carbocycles. The number of hydrogen-bond donors (Lipinski definition) is 1. The Bertz CT molecular complexity index is 744. The molecule has 2 aliphatic heterocycles. The van der Waals surface area contributed by atoms with Gasteiger partial charge in [0.1, 0.15) is 5.82 Å². The van der Waals surface area contributed by atoms with Crippen molar-refractivity contribution in [2.24, 2.45) is 5.41 Å². The van der Waals surface area contributed by atoms with E-state index in [-0.39, 0.29) is 30.0 Å². The first kappa shape index (κ1) is 18.9. The van der Waals surface area contributed by atoms with Crippen LogP contribution in [0.25, 0.3) is 0 Å². The van der Waals surface area contributed by atoms with Crippen molar-refractivity contribution in [3.05, 3.63) is 71.5 Å². The zero-order valence-corrected chi connectivity index (χ0v) is 15.5. The third kappa shape index (κ3) is 3.36. The molecule has 2 aromatic rings. The van der Waals surface area contributed by atoms with Gasteiger partial charge in [0.2, 0.25) is 5.91 Å². The lowest BCUT2D eigenvalue weighted by atomic mass is 9.69. The molecule has 2 fully saturated rings. The summed E-state index contributed by atoms with van der Waals surface area (Å²) in [6.45, 7) is 3.00. The van der Waals surface area contributed by atoms with Gasteiger partial charge in [0.25, 0.3) is 0 Å². The van der Waals surface area contributed by atoms with E-state index in [1.165, 1.54) is 12.1 Å². The standard InChI is InChI=1S/C21H23FN2O.ClH/c22-18-9-7-17(8-10-18)19-14-24(13-16-5-2-1-3-6-16)20(25)21(19)11-4-12-23-15-21;/h1-3,5-10,19,23H,4,11-15H2;1H. The van der Waals surface area contributed by atoms with E-state index in [9.17, 15) is 9.18 Å². The summed E-state index contributed by atoms with van der Waals surface area (Å²) in [6.07, 6.45) is 1.90. The summed E-state index contributed by atoms with van der Waals surface area (Å²) in [5.41, 5.74) is 1.81. The van der Waals surface area contributed by atoms with Gasteiger partial charge in [0.15, 0.2) is 0 Å². The Balaban J connectivity index is 0.00000196. The Morgan fingerprint density at radius 1 is 1.12 bits per heavy atom. The number of halogens is 2. The van der Waals surface area contributed by atoms with Crippen molar-refractivity contribution in [3.63, 3.8) is 0 Å². The number of amides is 1. The fourth-order valence-electron chi connectivity index (χ4n) is 4.41. The van der Waals surface area contributed by atoms with E-state index >= 15 is 0 Å². The zero-order chi connectivity index (χ0) is 17.3. The van der Waals surface area contributed by atoms with E-state index in [4.69, 9.17) is 0 Å². The van der Waals surface area contributed by atoms with Crippen molar-refractivity contribution in [1.29, 1.82) is 0 Å². The maximum Gasteiger partial charge on any atom is 0.231 e. The summed E-state index contributed by atoms with van der Waals surface area (Å²) in [4.78, 5) is 15.3. The van der Waals surface area contributed by atoms with Gasteiger partial charge in [0, 0.05) is 25.6 Å². The molecule has 2 atom stereocenters. The second kappa shape index (κ2) is 7.77. The molecule has 4 rings (SSSR count). The van der Waals surface area contributed by atoms with Crippen LogP contribution in [-0.2, 0) is 11.3 Å². The third-order valence-electron chi connectivity index (χ3n) is 5.69. The van der Waals surface area contributed by atoms with Crippen molar-refractivity contribution in [3.8, 4) is 0 Å². The Morgan fingerprint density at radius 3 is 2.50 bits per heavy atom. The quantitative estimate of drug-likeness (QED) is 0.887. The van der Waals surface area contributed by atoms with Gasteiger partial charge in [-0.1, -0.05) is 42.5 Å². The van der Waals surface area contributed by atoms with Crippen LogP contribution in [0.4, 0.5) is 4.39 Å². The fourth-order valence-corrected chi connectivity index (χ4v) is 4.41. The van der Waals surface area contributed by atoms with Crippen molar-refractivity contribution in [1.82, 2.24) is 10.2 Å². The maximum absolute atomic E-state index is 13.4. The number of benzene rings is 2. The van der Waals surface area contributed by atoms with Crippen LogP contribution in [0.5, 0.6) is 0 Å². The molecule has 0 radical (unpaired) electrons. The first-order valence-corrected chi connectivity index (χ1v) is 8.98. The van der Waals surface area contributed by atoms with Crippen LogP contribution < -0.4 is 5.32 Å². The highest BCUT2D eigenvalue weighted by Crippen LogP contribution is 2.48. The Hall–Kier alpha value is -1.91. The van der Waals surface area contributed by atoms with Crippen molar-refractivity contribution in [2.45, 2.75) is 25.3 Å². The van der Waals surface area contributed by atoms with Crippen LogP contribution in [0.15, 0.2) is 54.6 Å². The van der Waals surface area contributed by atoms with Gasteiger partial charge in [-0.2, -0.15) is 0 Å². The van der Waals surface area contributed by atoms with Crippen LogP contribution in [0, 0.1) is 11.2 Å². The van der Waals surface area contributed by atoms with E-state index in [0.717, 1.165) is 30.5 Å². The molecule has 1 N–H and O–H groups in total. The van der Waals surface area contributed by atoms with Crippen LogP contribution >= 0.6 is 12.4 Å². The number of hydrogen-bond acceptors (Lipinski definition) is 2. The van der Waals surface area contributed by atoms with E-state index in [0.29, 0.717) is 19.6 Å². The highest BCUT2D eigenvalue weighted by Gasteiger charge is 2.54. The molecule has 2 heterocycles. The minimum atomic E-state index is -0.398. The van der Waals surface area contributed by atoms with Crippen LogP contribution in [-0.4, -0.2) is 30.4 Å². The SMILES string of the molecule is Cl.O=C1N(Cc2ccccc2)CC(c2ccc(F)cc2)C12CCCNC2. The first-order chi connectivity index (χ1) is 12.2. The lowest BCUT2D eigenvalue weighted by Crippen LogP contribution is -2.47.